The first-order valence-electron chi connectivity index (χ1n) is 12.7. The average molecular weight is 537 g/mol. The molecule has 39 heavy (non-hydrogen) atoms. The Labute approximate surface area is 226 Å². The molecule has 0 fully saturated rings. The molecule has 12 nitrogen and oxygen atoms in total. The van der Waals surface area contributed by atoms with Crippen LogP contribution < -0.4 is 26.9 Å². The predicted octanol–water partition coefficient (Wildman–Crippen LogP) is -0.984. The Hall–Kier alpha value is -4.26. The normalized spacial score (nSPS) is 18.9. The molecular formula is C27H34N7O5+. The SMILES string of the molecule is CCN=C(N)OC(=[NH2+])[C@@H]1c2ccccc2CN1C(=O)[C@H](O)[C@@H](O)C(=O)N[C@H](C)c1ccc(N2C=CCN2)cc1. The zero-order chi connectivity index (χ0) is 28.1. The fourth-order valence-electron chi connectivity index (χ4n) is 4.56. The Morgan fingerprint density at radius 1 is 1.21 bits per heavy atom. The maximum absolute atomic E-state index is 13.3. The van der Waals surface area contributed by atoms with Crippen LogP contribution in [0.3, 0.4) is 0 Å². The van der Waals surface area contributed by atoms with Gasteiger partial charge in [-0.25, -0.2) is 15.8 Å². The minimum Gasteiger partial charge on any atom is -0.380 e. The summed E-state index contributed by atoms with van der Waals surface area (Å²) < 4.78 is 5.44. The van der Waals surface area contributed by atoms with Gasteiger partial charge in [0.05, 0.1) is 11.7 Å². The monoisotopic (exact) mass is 536 g/mol. The number of nitrogens with zero attached hydrogens (tertiary/aromatic N) is 3. The topological polar surface area (TPSA) is 178 Å². The summed E-state index contributed by atoms with van der Waals surface area (Å²) in [7, 11) is 0. The first kappa shape index (κ1) is 27.8. The first-order valence-corrected chi connectivity index (χ1v) is 12.7. The number of carbonyl (C=O) groups excluding carboxylic acids is 2. The molecule has 4 rings (SSSR count). The Morgan fingerprint density at radius 3 is 2.59 bits per heavy atom. The van der Waals surface area contributed by atoms with Gasteiger partial charge in [-0.15, -0.1) is 0 Å². The zero-order valence-electron chi connectivity index (χ0n) is 21.8. The number of aliphatic hydroxyl groups excluding tert-OH is 2. The van der Waals surface area contributed by atoms with Crippen molar-refractivity contribution in [2.45, 2.75) is 44.7 Å². The van der Waals surface area contributed by atoms with Gasteiger partial charge in [-0.3, -0.25) is 14.6 Å². The van der Waals surface area contributed by atoms with E-state index in [1.165, 1.54) is 4.90 Å². The second-order valence-electron chi connectivity index (χ2n) is 9.21. The number of nitrogens with one attached hydrogen (secondary N) is 2. The number of amidine groups is 1. The molecule has 2 aliphatic rings. The summed E-state index contributed by atoms with van der Waals surface area (Å²) in [6.45, 7) is 4.72. The zero-order valence-corrected chi connectivity index (χ0v) is 21.8. The van der Waals surface area contributed by atoms with E-state index in [2.05, 4.69) is 15.7 Å². The maximum Gasteiger partial charge on any atom is 0.369 e. The third kappa shape index (κ3) is 6.08. The number of amides is 2. The van der Waals surface area contributed by atoms with E-state index >= 15 is 0 Å². The molecule has 0 bridgehead atoms. The Balaban J connectivity index is 1.43. The first-order chi connectivity index (χ1) is 18.7. The molecule has 206 valence electrons. The van der Waals surface area contributed by atoms with Crippen LogP contribution in [-0.2, 0) is 20.9 Å². The molecule has 0 spiro atoms. The Morgan fingerprint density at radius 2 is 1.92 bits per heavy atom. The van der Waals surface area contributed by atoms with E-state index in [-0.39, 0.29) is 18.5 Å². The number of hydrogen-bond acceptors (Lipinski definition) is 8. The molecule has 2 heterocycles. The van der Waals surface area contributed by atoms with Crippen LogP contribution in [0.25, 0.3) is 0 Å². The fourth-order valence-corrected chi connectivity index (χ4v) is 4.56. The summed E-state index contributed by atoms with van der Waals surface area (Å²) in [6.07, 6.45) is -0.150. The number of carbonyl (C=O) groups is 2. The number of anilines is 1. The third-order valence-electron chi connectivity index (χ3n) is 6.58. The molecule has 2 aromatic carbocycles. The minimum absolute atomic E-state index is 0.0871. The molecule has 8 N–H and O–H groups in total. The summed E-state index contributed by atoms with van der Waals surface area (Å²) in [5, 5.41) is 32.1. The van der Waals surface area contributed by atoms with Crippen molar-refractivity contribution in [1.82, 2.24) is 15.6 Å². The van der Waals surface area contributed by atoms with Gasteiger partial charge in [-0.1, -0.05) is 42.5 Å². The van der Waals surface area contributed by atoms with Crippen molar-refractivity contribution >= 4 is 29.4 Å². The number of fused-ring (bicyclic) bond motifs is 1. The molecule has 2 amide bonds. The van der Waals surface area contributed by atoms with Crippen molar-refractivity contribution in [2.75, 3.05) is 18.1 Å². The highest BCUT2D eigenvalue weighted by molar-refractivity contribution is 5.96. The van der Waals surface area contributed by atoms with Crippen molar-refractivity contribution in [1.29, 1.82) is 0 Å². The summed E-state index contributed by atoms with van der Waals surface area (Å²) in [5.74, 6) is -1.90. The standard InChI is InChI=1S/C27H33N7O5/c1-3-30-27(29)39-24(28)21-20-8-5-4-7-18(20)15-33(21)26(38)23(36)22(35)25(37)32-16(2)17-9-11-19(12-10-17)34-14-6-13-31-34/h4-12,14,16,21-23,28,31,35-36H,3,13,15H2,1-2H3,(H2,29,30)(H,32,37)/p+1/t16-,21+,22-,23-/m1/s1. The molecule has 0 aromatic heterocycles. The van der Waals surface area contributed by atoms with E-state index in [4.69, 9.17) is 15.9 Å². The van der Waals surface area contributed by atoms with Gasteiger partial charge < -0.3 is 30.9 Å². The van der Waals surface area contributed by atoms with E-state index in [0.717, 1.165) is 23.4 Å². The van der Waals surface area contributed by atoms with Crippen molar-refractivity contribution < 1.29 is 29.9 Å². The molecule has 0 unspecified atom stereocenters. The van der Waals surface area contributed by atoms with Gasteiger partial charge in [0.15, 0.2) is 18.2 Å². The number of aliphatic hydroxyl groups is 2. The lowest BCUT2D eigenvalue weighted by atomic mass is 10.0. The van der Waals surface area contributed by atoms with Gasteiger partial charge in [0, 0.05) is 25.8 Å². The number of aliphatic imine (C=N–C) groups is 1. The lowest BCUT2D eigenvalue weighted by Crippen LogP contribution is -2.55. The Bertz CT molecular complexity index is 1280. The molecule has 2 aliphatic heterocycles. The lowest BCUT2D eigenvalue weighted by molar-refractivity contribution is -0.160. The molecule has 12 heteroatoms. The molecule has 0 saturated carbocycles. The summed E-state index contributed by atoms with van der Waals surface area (Å²) in [6, 6.07) is 13.1. The van der Waals surface area contributed by atoms with Crippen molar-refractivity contribution in [3.05, 3.63) is 77.5 Å². The van der Waals surface area contributed by atoms with Gasteiger partial charge in [-0.05, 0) is 42.7 Å². The van der Waals surface area contributed by atoms with Crippen molar-refractivity contribution in [2.24, 2.45) is 10.7 Å². The van der Waals surface area contributed by atoms with Gasteiger partial charge in [0.1, 0.15) is 0 Å². The van der Waals surface area contributed by atoms with Crippen molar-refractivity contribution in [3.8, 4) is 0 Å². The number of benzene rings is 2. The summed E-state index contributed by atoms with van der Waals surface area (Å²) in [4.78, 5) is 31.3. The van der Waals surface area contributed by atoms with Crippen LogP contribution in [0.4, 0.5) is 5.69 Å². The van der Waals surface area contributed by atoms with Crippen LogP contribution in [0.2, 0.25) is 0 Å². The highest BCUT2D eigenvalue weighted by atomic mass is 16.5. The van der Waals surface area contributed by atoms with E-state index in [0.29, 0.717) is 12.1 Å². The van der Waals surface area contributed by atoms with Crippen LogP contribution in [0.5, 0.6) is 0 Å². The van der Waals surface area contributed by atoms with E-state index < -0.39 is 36.1 Å². The predicted molar refractivity (Wildman–Crippen MR) is 145 cm³/mol. The third-order valence-corrected chi connectivity index (χ3v) is 6.58. The molecule has 0 saturated heterocycles. The maximum atomic E-state index is 13.3. The van der Waals surface area contributed by atoms with E-state index in [1.807, 2.05) is 47.6 Å². The summed E-state index contributed by atoms with van der Waals surface area (Å²) in [5.41, 5.74) is 12.1. The van der Waals surface area contributed by atoms with Crippen molar-refractivity contribution in [3.63, 3.8) is 0 Å². The van der Waals surface area contributed by atoms with Gasteiger partial charge >= 0.3 is 5.90 Å². The quantitative estimate of drug-likeness (QED) is 0.184. The van der Waals surface area contributed by atoms with Crippen LogP contribution >= 0.6 is 0 Å². The fraction of sp³-hybridized carbons (Fsp3) is 0.333. The molecule has 0 aliphatic carbocycles. The van der Waals surface area contributed by atoms with Crippen LogP contribution in [0.1, 0.15) is 42.6 Å². The number of nitrogens with two attached hydrogens (primary N) is 2. The molecule has 2 aromatic rings. The molecule has 0 radical (unpaired) electrons. The van der Waals surface area contributed by atoms with E-state index in [9.17, 15) is 19.8 Å². The largest absolute Gasteiger partial charge is 0.380 e. The highest BCUT2D eigenvalue weighted by Crippen LogP contribution is 2.34. The van der Waals surface area contributed by atoms with E-state index in [1.54, 1.807) is 32.0 Å². The number of hydrogen-bond donors (Lipinski definition) is 6. The number of ether oxygens (including phenoxy) is 1. The molecule has 4 atom stereocenters. The minimum atomic E-state index is -2.04. The Kier molecular flexibility index (Phi) is 8.59. The average Bonchev–Trinajstić information content (AvgIpc) is 3.60. The van der Waals surface area contributed by atoms with Gasteiger partial charge in [-0.2, -0.15) is 0 Å². The van der Waals surface area contributed by atoms with Crippen LogP contribution in [0.15, 0.2) is 65.8 Å². The second-order valence-corrected chi connectivity index (χ2v) is 9.21. The number of hydrazine groups is 1. The smallest absolute Gasteiger partial charge is 0.369 e. The van der Waals surface area contributed by atoms with Gasteiger partial charge in [0.25, 0.3) is 17.8 Å². The second kappa shape index (κ2) is 12.1. The van der Waals surface area contributed by atoms with Crippen LogP contribution in [-0.4, -0.2) is 64.1 Å². The highest BCUT2D eigenvalue weighted by Gasteiger charge is 2.45. The molecular weight excluding hydrogens is 502 g/mol. The van der Waals surface area contributed by atoms with Crippen LogP contribution in [0, 0.1) is 0 Å². The summed E-state index contributed by atoms with van der Waals surface area (Å²) >= 11 is 0. The van der Waals surface area contributed by atoms with Gasteiger partial charge in [0.2, 0.25) is 0 Å². The number of rotatable bonds is 8. The lowest BCUT2D eigenvalue weighted by Gasteiger charge is -2.27.